The van der Waals surface area contributed by atoms with E-state index < -0.39 is 0 Å². The summed E-state index contributed by atoms with van der Waals surface area (Å²) in [4.78, 5) is 27.5. The van der Waals surface area contributed by atoms with Crippen LogP contribution in [-0.4, -0.2) is 43.1 Å². The highest BCUT2D eigenvalue weighted by Crippen LogP contribution is 2.03. The summed E-state index contributed by atoms with van der Waals surface area (Å²) in [6.45, 7) is 4.59. The smallest absolute Gasteiger partial charge is 0.253 e. The van der Waals surface area contributed by atoms with Crippen molar-refractivity contribution in [1.29, 1.82) is 0 Å². The first kappa shape index (κ1) is 15.1. The third kappa shape index (κ3) is 5.05. The van der Waals surface area contributed by atoms with E-state index in [4.69, 9.17) is 4.74 Å². The second-order valence-corrected chi connectivity index (χ2v) is 4.34. The number of methoxy groups -OCH3 is 1. The number of carbonyl (C=O) groups excluding carboxylic acids is 2. The molecule has 1 aromatic heterocycles. The molecule has 19 heavy (non-hydrogen) atoms. The predicted octanol–water partition coefficient (Wildman–Crippen LogP) is 0.596. The molecule has 0 radical (unpaired) electrons. The number of aromatic nitrogens is 1. The molecule has 104 valence electrons. The number of ether oxygens (including phenoxy) is 1. The summed E-state index contributed by atoms with van der Waals surface area (Å²) in [5, 5.41) is 5.42. The van der Waals surface area contributed by atoms with E-state index in [1.807, 2.05) is 13.8 Å². The van der Waals surface area contributed by atoms with Crippen molar-refractivity contribution in [3.8, 4) is 0 Å². The van der Waals surface area contributed by atoms with Gasteiger partial charge in [0.15, 0.2) is 0 Å². The molecule has 0 fully saturated rings. The van der Waals surface area contributed by atoms with Crippen molar-refractivity contribution >= 4 is 11.8 Å². The molecule has 1 aromatic rings. The van der Waals surface area contributed by atoms with Crippen molar-refractivity contribution < 1.29 is 14.3 Å². The van der Waals surface area contributed by atoms with Gasteiger partial charge in [-0.05, 0) is 19.9 Å². The molecule has 6 nitrogen and oxygen atoms in total. The largest absolute Gasteiger partial charge is 0.383 e. The molecule has 6 heteroatoms. The molecule has 1 rings (SSSR count). The van der Waals surface area contributed by atoms with Crippen LogP contribution >= 0.6 is 0 Å². The zero-order valence-electron chi connectivity index (χ0n) is 11.4. The Morgan fingerprint density at radius 3 is 2.47 bits per heavy atom. The maximum absolute atomic E-state index is 11.8. The standard InChI is InChI=1S/C13H19N3O3/c1-9(2)16-13(18)11-6-10(7-14-8-11)12(17)15-4-5-19-3/h6-9H,4-5H2,1-3H3,(H,15,17)(H,16,18). The second kappa shape index (κ2) is 7.48. The second-order valence-electron chi connectivity index (χ2n) is 4.34. The Morgan fingerprint density at radius 2 is 1.89 bits per heavy atom. The Kier molecular flexibility index (Phi) is 5.95. The molecule has 2 N–H and O–H groups in total. The van der Waals surface area contributed by atoms with Gasteiger partial charge in [0.05, 0.1) is 17.7 Å². The van der Waals surface area contributed by atoms with Crippen molar-refractivity contribution in [1.82, 2.24) is 15.6 Å². The van der Waals surface area contributed by atoms with Crippen LogP contribution in [0.5, 0.6) is 0 Å². The predicted molar refractivity (Wildman–Crippen MR) is 71.0 cm³/mol. The Bertz CT molecular complexity index is 447. The fourth-order valence-corrected chi connectivity index (χ4v) is 1.40. The number of nitrogens with zero attached hydrogens (tertiary/aromatic N) is 1. The molecule has 1 heterocycles. The molecule has 0 aliphatic heterocycles. The van der Waals surface area contributed by atoms with Crippen LogP contribution in [0.25, 0.3) is 0 Å². The molecule has 0 bridgehead atoms. The van der Waals surface area contributed by atoms with E-state index in [9.17, 15) is 9.59 Å². The molecule has 0 spiro atoms. The first-order chi connectivity index (χ1) is 9.04. The van der Waals surface area contributed by atoms with Crippen LogP contribution in [-0.2, 0) is 4.74 Å². The highest BCUT2D eigenvalue weighted by atomic mass is 16.5. The van der Waals surface area contributed by atoms with E-state index in [-0.39, 0.29) is 17.9 Å². The van der Waals surface area contributed by atoms with E-state index in [1.165, 1.54) is 18.5 Å². The van der Waals surface area contributed by atoms with Crippen LogP contribution in [0.15, 0.2) is 18.5 Å². The van der Waals surface area contributed by atoms with Crippen molar-refractivity contribution in [2.75, 3.05) is 20.3 Å². The van der Waals surface area contributed by atoms with Crippen LogP contribution in [0, 0.1) is 0 Å². The molecule has 0 aromatic carbocycles. The Labute approximate surface area is 112 Å². The molecule has 0 unspecified atom stereocenters. The summed E-state index contributed by atoms with van der Waals surface area (Å²) in [7, 11) is 1.56. The van der Waals surface area contributed by atoms with Crippen LogP contribution in [0.3, 0.4) is 0 Å². The summed E-state index contributed by atoms with van der Waals surface area (Å²) in [6, 6.07) is 1.55. The van der Waals surface area contributed by atoms with E-state index in [0.717, 1.165) is 0 Å². The highest BCUT2D eigenvalue weighted by molar-refractivity contribution is 5.99. The van der Waals surface area contributed by atoms with Gasteiger partial charge in [-0.1, -0.05) is 0 Å². The van der Waals surface area contributed by atoms with E-state index >= 15 is 0 Å². The number of carbonyl (C=O) groups is 2. The minimum atomic E-state index is -0.274. The molecule has 0 saturated heterocycles. The van der Waals surface area contributed by atoms with Gasteiger partial charge >= 0.3 is 0 Å². The van der Waals surface area contributed by atoms with E-state index in [2.05, 4.69) is 15.6 Å². The summed E-state index contributed by atoms with van der Waals surface area (Å²) in [6.07, 6.45) is 2.86. The van der Waals surface area contributed by atoms with E-state index in [1.54, 1.807) is 7.11 Å². The lowest BCUT2D eigenvalue weighted by atomic mass is 10.2. The average Bonchev–Trinajstić information content (AvgIpc) is 2.38. The summed E-state index contributed by atoms with van der Waals surface area (Å²) >= 11 is 0. The van der Waals surface area contributed by atoms with Gasteiger partial charge in [-0.25, -0.2) is 0 Å². The first-order valence-corrected chi connectivity index (χ1v) is 6.07. The van der Waals surface area contributed by atoms with Crippen molar-refractivity contribution in [2.24, 2.45) is 0 Å². The van der Waals surface area contributed by atoms with Gasteiger partial charge in [0.1, 0.15) is 0 Å². The molecule has 0 saturated carbocycles. The maximum Gasteiger partial charge on any atom is 0.253 e. The minimum absolute atomic E-state index is 0.0340. The van der Waals surface area contributed by atoms with Gasteiger partial charge < -0.3 is 15.4 Å². The highest BCUT2D eigenvalue weighted by Gasteiger charge is 2.11. The van der Waals surface area contributed by atoms with Gasteiger partial charge in [-0.2, -0.15) is 0 Å². The molecular weight excluding hydrogens is 246 g/mol. The van der Waals surface area contributed by atoms with Crippen molar-refractivity contribution in [3.05, 3.63) is 29.6 Å². The minimum Gasteiger partial charge on any atom is -0.383 e. The average molecular weight is 265 g/mol. The number of rotatable bonds is 6. The summed E-state index contributed by atoms with van der Waals surface area (Å²) in [5.41, 5.74) is 0.723. The van der Waals surface area contributed by atoms with Gasteiger partial charge in [0, 0.05) is 32.1 Å². The van der Waals surface area contributed by atoms with Crippen LogP contribution in [0.2, 0.25) is 0 Å². The van der Waals surface area contributed by atoms with Crippen LogP contribution in [0.1, 0.15) is 34.6 Å². The van der Waals surface area contributed by atoms with Crippen molar-refractivity contribution in [3.63, 3.8) is 0 Å². The topological polar surface area (TPSA) is 80.3 Å². The molecular formula is C13H19N3O3. The van der Waals surface area contributed by atoms with Crippen LogP contribution < -0.4 is 10.6 Å². The van der Waals surface area contributed by atoms with Gasteiger partial charge in [0.2, 0.25) is 0 Å². The summed E-state index contributed by atoms with van der Waals surface area (Å²) < 4.78 is 4.84. The maximum atomic E-state index is 11.8. The van der Waals surface area contributed by atoms with Crippen molar-refractivity contribution in [2.45, 2.75) is 19.9 Å². The fourth-order valence-electron chi connectivity index (χ4n) is 1.40. The Balaban J connectivity index is 2.71. The van der Waals surface area contributed by atoms with Gasteiger partial charge in [-0.3, -0.25) is 14.6 Å². The molecule has 2 amide bonds. The lowest BCUT2D eigenvalue weighted by Crippen LogP contribution is -2.31. The quantitative estimate of drug-likeness (QED) is 0.738. The monoisotopic (exact) mass is 265 g/mol. The third-order valence-electron chi connectivity index (χ3n) is 2.27. The Hall–Kier alpha value is -1.95. The zero-order chi connectivity index (χ0) is 14.3. The lowest BCUT2D eigenvalue weighted by Gasteiger charge is -2.09. The molecule has 0 aliphatic carbocycles. The SMILES string of the molecule is COCCNC(=O)c1cncc(C(=O)NC(C)C)c1. The summed E-state index contributed by atoms with van der Waals surface area (Å²) in [5.74, 6) is -0.516. The number of hydrogen-bond acceptors (Lipinski definition) is 4. The first-order valence-electron chi connectivity index (χ1n) is 6.07. The number of nitrogens with one attached hydrogen (secondary N) is 2. The third-order valence-corrected chi connectivity index (χ3v) is 2.27. The lowest BCUT2D eigenvalue weighted by molar-refractivity contribution is 0.0936. The number of amides is 2. The number of hydrogen-bond donors (Lipinski definition) is 2. The fraction of sp³-hybridized carbons (Fsp3) is 0.462. The Morgan fingerprint density at radius 1 is 1.26 bits per heavy atom. The molecule has 0 aliphatic rings. The van der Waals surface area contributed by atoms with Crippen LogP contribution in [0.4, 0.5) is 0 Å². The number of pyridine rings is 1. The zero-order valence-corrected chi connectivity index (χ0v) is 11.4. The normalized spacial score (nSPS) is 10.3. The van der Waals surface area contributed by atoms with Gasteiger partial charge in [-0.15, -0.1) is 0 Å². The molecule has 0 atom stereocenters. The van der Waals surface area contributed by atoms with E-state index in [0.29, 0.717) is 24.3 Å². The van der Waals surface area contributed by atoms with Gasteiger partial charge in [0.25, 0.3) is 11.8 Å².